The fourth-order valence-corrected chi connectivity index (χ4v) is 2.90. The van der Waals surface area contributed by atoms with Gasteiger partial charge in [-0.2, -0.15) is 8.42 Å². The first-order valence-electron chi connectivity index (χ1n) is 6.63. The van der Waals surface area contributed by atoms with E-state index in [1.807, 2.05) is 6.92 Å². The molecule has 1 aromatic carbocycles. The first-order chi connectivity index (χ1) is 9.34. The monoisotopic (exact) mass is 300 g/mol. The Morgan fingerprint density at radius 3 is 2.25 bits per heavy atom. The first kappa shape index (κ1) is 16.7. The van der Waals surface area contributed by atoms with Crippen molar-refractivity contribution in [1.82, 2.24) is 0 Å². The van der Waals surface area contributed by atoms with E-state index >= 15 is 0 Å². The quantitative estimate of drug-likeness (QED) is 0.720. The largest absolute Gasteiger partial charge is 0.478 e. The summed E-state index contributed by atoms with van der Waals surface area (Å²) in [6.45, 7) is 1.96. The third kappa shape index (κ3) is 5.30. The van der Waals surface area contributed by atoms with Gasteiger partial charge in [0.15, 0.2) is 0 Å². The topological polar surface area (TPSA) is 91.7 Å². The highest BCUT2D eigenvalue weighted by Crippen LogP contribution is 2.16. The molecule has 0 amide bonds. The molecule has 0 radical (unpaired) electrons. The fourth-order valence-electron chi connectivity index (χ4n) is 2.02. The number of carboxylic acid groups (broad SMARTS) is 1. The van der Waals surface area contributed by atoms with Crippen LogP contribution in [0.25, 0.3) is 0 Å². The number of hydrogen-bond donors (Lipinski definition) is 2. The van der Waals surface area contributed by atoms with Gasteiger partial charge in [0, 0.05) is 0 Å². The summed E-state index contributed by atoms with van der Waals surface area (Å²) in [7, 11) is -4.02. The number of carbonyl (C=O) groups is 1. The Balaban J connectivity index is 2.65. The molecule has 20 heavy (non-hydrogen) atoms. The van der Waals surface area contributed by atoms with Crippen LogP contribution in [0.15, 0.2) is 24.3 Å². The molecule has 0 aliphatic rings. The molecule has 1 atom stereocenters. The van der Waals surface area contributed by atoms with Crippen LogP contribution in [-0.2, 0) is 16.5 Å². The lowest BCUT2D eigenvalue weighted by molar-refractivity contribution is 0.0697. The molecular formula is C14H20O5S. The van der Waals surface area contributed by atoms with Crippen molar-refractivity contribution in [2.24, 2.45) is 0 Å². The highest BCUT2D eigenvalue weighted by atomic mass is 32.2. The van der Waals surface area contributed by atoms with E-state index in [0.717, 1.165) is 18.4 Å². The Labute approximate surface area is 119 Å². The van der Waals surface area contributed by atoms with Crippen LogP contribution >= 0.6 is 0 Å². The maximum Gasteiger partial charge on any atom is 0.335 e. The van der Waals surface area contributed by atoms with Crippen molar-refractivity contribution in [2.75, 3.05) is 0 Å². The lowest BCUT2D eigenvalue weighted by Gasteiger charge is -2.13. The molecule has 0 spiro atoms. The number of aryl methyl sites for hydroxylation is 1. The van der Waals surface area contributed by atoms with E-state index in [9.17, 15) is 17.8 Å². The zero-order chi connectivity index (χ0) is 15.2. The zero-order valence-electron chi connectivity index (χ0n) is 11.4. The maximum atomic E-state index is 11.3. The number of rotatable bonds is 8. The van der Waals surface area contributed by atoms with E-state index in [-0.39, 0.29) is 5.56 Å². The molecule has 0 aliphatic carbocycles. The van der Waals surface area contributed by atoms with Gasteiger partial charge in [0.05, 0.1) is 10.8 Å². The van der Waals surface area contributed by atoms with E-state index in [1.165, 1.54) is 12.1 Å². The van der Waals surface area contributed by atoms with Crippen molar-refractivity contribution in [2.45, 2.75) is 44.3 Å². The number of carboxylic acids is 1. The average Bonchev–Trinajstić information content (AvgIpc) is 2.37. The summed E-state index contributed by atoms with van der Waals surface area (Å²) < 4.78 is 31.8. The molecule has 1 rings (SSSR count). The van der Waals surface area contributed by atoms with Gasteiger partial charge >= 0.3 is 5.97 Å². The first-order valence-corrected chi connectivity index (χ1v) is 8.13. The van der Waals surface area contributed by atoms with Gasteiger partial charge in [-0.15, -0.1) is 0 Å². The maximum absolute atomic E-state index is 11.3. The minimum Gasteiger partial charge on any atom is -0.478 e. The second-order valence-electron chi connectivity index (χ2n) is 4.82. The Morgan fingerprint density at radius 2 is 1.80 bits per heavy atom. The molecular weight excluding hydrogens is 280 g/mol. The highest BCUT2D eigenvalue weighted by molar-refractivity contribution is 7.86. The predicted octanol–water partition coefficient (Wildman–Crippen LogP) is 2.76. The molecule has 0 saturated carbocycles. The smallest absolute Gasteiger partial charge is 0.335 e. The van der Waals surface area contributed by atoms with Crippen molar-refractivity contribution < 1.29 is 22.9 Å². The summed E-state index contributed by atoms with van der Waals surface area (Å²) in [6.07, 6.45) is 2.91. The lowest BCUT2D eigenvalue weighted by Crippen LogP contribution is -2.21. The number of benzene rings is 1. The van der Waals surface area contributed by atoms with Crippen molar-refractivity contribution in [1.29, 1.82) is 0 Å². The Bertz CT molecular complexity index is 533. The standard InChI is InChI=1S/C14H20O5S/c1-2-3-4-13(20(17,18)19)10-7-11-5-8-12(9-6-11)14(15)16/h5-6,8-9,13H,2-4,7,10H2,1H3,(H,15,16)(H,17,18,19). The Hall–Kier alpha value is -1.40. The van der Waals surface area contributed by atoms with E-state index in [4.69, 9.17) is 5.11 Å². The Morgan fingerprint density at radius 1 is 1.20 bits per heavy atom. The summed E-state index contributed by atoms with van der Waals surface area (Å²) in [6, 6.07) is 6.33. The van der Waals surface area contributed by atoms with Crippen LogP contribution in [0.5, 0.6) is 0 Å². The molecule has 2 N–H and O–H groups in total. The van der Waals surface area contributed by atoms with Crippen LogP contribution in [0.2, 0.25) is 0 Å². The minimum atomic E-state index is -4.02. The van der Waals surface area contributed by atoms with Gasteiger partial charge < -0.3 is 5.11 Å². The van der Waals surface area contributed by atoms with Gasteiger partial charge in [-0.3, -0.25) is 4.55 Å². The van der Waals surface area contributed by atoms with Crippen molar-refractivity contribution >= 4 is 16.1 Å². The number of unbranched alkanes of at least 4 members (excludes halogenated alkanes) is 1. The third-order valence-corrected chi connectivity index (χ3v) is 4.57. The number of hydrogen-bond acceptors (Lipinski definition) is 3. The third-order valence-electron chi connectivity index (χ3n) is 3.26. The second kappa shape index (κ2) is 7.40. The SMILES string of the molecule is CCCCC(CCc1ccc(C(=O)O)cc1)S(=O)(=O)O. The van der Waals surface area contributed by atoms with E-state index in [0.29, 0.717) is 19.3 Å². The Kier molecular flexibility index (Phi) is 6.16. The van der Waals surface area contributed by atoms with Gasteiger partial charge in [0.25, 0.3) is 10.1 Å². The van der Waals surface area contributed by atoms with Gasteiger partial charge in [-0.1, -0.05) is 31.9 Å². The van der Waals surface area contributed by atoms with Gasteiger partial charge in [-0.25, -0.2) is 4.79 Å². The van der Waals surface area contributed by atoms with E-state index in [1.54, 1.807) is 12.1 Å². The predicted molar refractivity (Wildman–Crippen MR) is 76.6 cm³/mol. The molecule has 0 heterocycles. The molecule has 0 bridgehead atoms. The highest BCUT2D eigenvalue weighted by Gasteiger charge is 2.21. The zero-order valence-corrected chi connectivity index (χ0v) is 12.3. The van der Waals surface area contributed by atoms with Crippen LogP contribution in [-0.4, -0.2) is 29.3 Å². The fraction of sp³-hybridized carbons (Fsp3) is 0.500. The molecule has 1 aromatic rings. The van der Waals surface area contributed by atoms with E-state index < -0.39 is 21.3 Å². The molecule has 0 fully saturated rings. The molecule has 0 saturated heterocycles. The molecule has 112 valence electrons. The van der Waals surface area contributed by atoms with E-state index in [2.05, 4.69) is 0 Å². The van der Waals surface area contributed by atoms with Gasteiger partial charge in [-0.05, 0) is 37.0 Å². The summed E-state index contributed by atoms with van der Waals surface area (Å²) in [5.41, 5.74) is 1.06. The van der Waals surface area contributed by atoms with Crippen molar-refractivity contribution in [3.63, 3.8) is 0 Å². The lowest BCUT2D eigenvalue weighted by atomic mass is 10.0. The van der Waals surface area contributed by atoms with Crippen LogP contribution in [0.4, 0.5) is 0 Å². The molecule has 0 aromatic heterocycles. The van der Waals surface area contributed by atoms with Crippen molar-refractivity contribution in [3.05, 3.63) is 35.4 Å². The number of aromatic carboxylic acids is 1. The molecule has 1 unspecified atom stereocenters. The summed E-state index contributed by atoms with van der Waals surface area (Å²) in [4.78, 5) is 10.7. The van der Waals surface area contributed by atoms with Crippen LogP contribution in [0.3, 0.4) is 0 Å². The average molecular weight is 300 g/mol. The van der Waals surface area contributed by atoms with Crippen LogP contribution < -0.4 is 0 Å². The molecule has 5 nitrogen and oxygen atoms in total. The second-order valence-corrected chi connectivity index (χ2v) is 6.52. The van der Waals surface area contributed by atoms with Crippen molar-refractivity contribution in [3.8, 4) is 0 Å². The van der Waals surface area contributed by atoms with Crippen LogP contribution in [0, 0.1) is 0 Å². The summed E-state index contributed by atoms with van der Waals surface area (Å²) in [5, 5.41) is 8.04. The normalized spacial score (nSPS) is 13.1. The van der Waals surface area contributed by atoms with Crippen LogP contribution in [0.1, 0.15) is 48.5 Å². The summed E-state index contributed by atoms with van der Waals surface area (Å²) >= 11 is 0. The molecule has 6 heteroatoms. The van der Waals surface area contributed by atoms with Gasteiger partial charge in [0.2, 0.25) is 0 Å². The molecule has 0 aliphatic heterocycles. The van der Waals surface area contributed by atoms with Gasteiger partial charge in [0.1, 0.15) is 0 Å². The summed E-state index contributed by atoms with van der Waals surface area (Å²) in [5.74, 6) is -0.990. The minimum absolute atomic E-state index is 0.200.